The zero-order chi connectivity index (χ0) is 17.3. The Morgan fingerprint density at radius 2 is 0.960 bits per heavy atom. The van der Waals surface area contributed by atoms with Crippen molar-refractivity contribution in [3.8, 4) is 0 Å². The Balaban J connectivity index is 2.27. The van der Waals surface area contributed by atoms with Crippen LogP contribution in [0.4, 0.5) is 0 Å². The van der Waals surface area contributed by atoms with E-state index in [4.69, 9.17) is 0 Å². The van der Waals surface area contributed by atoms with E-state index in [9.17, 15) is 0 Å². The van der Waals surface area contributed by atoms with Gasteiger partial charge in [-0.2, -0.15) is 0 Å². The maximum Gasteiger partial charge on any atom is 0.00566 e. The molecule has 0 spiro atoms. The van der Waals surface area contributed by atoms with Crippen molar-refractivity contribution in [1.29, 1.82) is 0 Å². The van der Waals surface area contributed by atoms with Crippen LogP contribution >= 0.6 is 21.5 Å². The molecule has 0 saturated carbocycles. The van der Waals surface area contributed by atoms with Gasteiger partial charge in [-0.05, 0) is 71.3 Å². The molecule has 126 valence electrons. The quantitative estimate of drug-likeness (QED) is 0.422. The zero-order valence-electron chi connectivity index (χ0n) is 14.0. The molecule has 4 rings (SSSR count). The van der Waals surface area contributed by atoms with Crippen LogP contribution in [-0.2, 0) is 0 Å². The average Bonchev–Trinajstić information content (AvgIpc) is 2.71. The normalized spacial score (nSPS) is 22.1. The summed E-state index contributed by atoms with van der Waals surface area (Å²) in [6.45, 7) is -3.29. The molecule has 0 unspecified atom stereocenters. The molecule has 0 atom stereocenters. The summed E-state index contributed by atoms with van der Waals surface area (Å²) in [7, 11) is 0. The fraction of sp³-hybridized carbons (Fsp3) is 0.0435. The lowest BCUT2D eigenvalue weighted by molar-refractivity contribution is 1.24. The van der Waals surface area contributed by atoms with Crippen molar-refractivity contribution in [2.24, 2.45) is 0 Å². The van der Waals surface area contributed by atoms with Crippen LogP contribution in [-0.4, -0.2) is 5.75 Å². The van der Waals surface area contributed by atoms with Crippen molar-refractivity contribution >= 4 is 21.5 Å². The van der Waals surface area contributed by atoms with Gasteiger partial charge in [0.2, 0.25) is 0 Å². The number of hydrogen-bond acceptors (Lipinski definition) is 0. The van der Waals surface area contributed by atoms with Gasteiger partial charge in [0.05, 0.1) is 0 Å². The molecule has 2 heteroatoms. The lowest BCUT2D eigenvalue weighted by Gasteiger charge is -2.74. The number of rotatable bonds is 3. The Morgan fingerprint density at radius 1 is 0.560 bits per heavy atom. The summed E-state index contributed by atoms with van der Waals surface area (Å²) in [5.41, 5.74) is 0. The molecule has 0 fully saturated rings. The molecule has 3 aromatic rings. The van der Waals surface area contributed by atoms with Gasteiger partial charge < -0.3 is 0 Å². The van der Waals surface area contributed by atoms with E-state index in [2.05, 4.69) is 129 Å². The molecular weight excluding hydrogens is 388 g/mol. The van der Waals surface area contributed by atoms with Crippen LogP contribution in [0.2, 0.25) is 0 Å². The first kappa shape index (κ1) is 16.4. The highest BCUT2D eigenvalue weighted by Crippen LogP contribution is 3.08. The van der Waals surface area contributed by atoms with Gasteiger partial charge in [-0.1, -0.05) is 72.8 Å². The summed E-state index contributed by atoms with van der Waals surface area (Å²) < 4.78 is 0. The molecule has 1 aliphatic rings. The highest BCUT2D eigenvalue weighted by molar-refractivity contribution is 9.68. The summed E-state index contributed by atoms with van der Waals surface area (Å²) in [6, 6.07) is 32.7. The van der Waals surface area contributed by atoms with E-state index >= 15 is 0 Å². The SMILES string of the molecule is BrS1(c2ccccc2)(c2ccccc2)(c2ccccc2)C=CC=CC1. The second kappa shape index (κ2) is 5.48. The lowest BCUT2D eigenvalue weighted by atomic mass is 10.3. The van der Waals surface area contributed by atoms with Crippen LogP contribution in [0, 0.1) is 0 Å². The summed E-state index contributed by atoms with van der Waals surface area (Å²) in [5, 5.41) is 2.43. The van der Waals surface area contributed by atoms with Gasteiger partial charge >= 0.3 is 0 Å². The Kier molecular flexibility index (Phi) is 3.61. The summed E-state index contributed by atoms with van der Waals surface area (Å²) in [6.07, 6.45) is 6.65. The van der Waals surface area contributed by atoms with Crippen molar-refractivity contribution in [3.05, 3.63) is 115 Å². The van der Waals surface area contributed by atoms with Crippen LogP contribution < -0.4 is 0 Å². The number of hydrogen-bond donors (Lipinski definition) is 0. The summed E-state index contributed by atoms with van der Waals surface area (Å²) in [4.78, 5) is 3.96. The highest BCUT2D eigenvalue weighted by Gasteiger charge is 2.61. The second-order valence-corrected chi connectivity index (χ2v) is 17.4. The van der Waals surface area contributed by atoms with Gasteiger partial charge in [0.15, 0.2) is 0 Å². The highest BCUT2D eigenvalue weighted by atomic mass is 79.9. The van der Waals surface area contributed by atoms with Crippen LogP contribution in [0.3, 0.4) is 0 Å². The first-order valence-electron chi connectivity index (χ1n) is 8.43. The predicted octanol–water partition coefficient (Wildman–Crippen LogP) is 7.43. The third-order valence-corrected chi connectivity index (χ3v) is 16.6. The molecule has 0 bridgehead atoms. The van der Waals surface area contributed by atoms with E-state index < -0.39 is 6.73 Å². The topological polar surface area (TPSA) is 0 Å². The number of benzene rings is 3. The smallest absolute Gasteiger partial charge is 0.00566 e. The molecule has 25 heavy (non-hydrogen) atoms. The third kappa shape index (κ3) is 2.01. The van der Waals surface area contributed by atoms with E-state index in [-0.39, 0.29) is 0 Å². The minimum absolute atomic E-state index is 0.911. The average molecular weight is 409 g/mol. The first-order valence-corrected chi connectivity index (χ1v) is 13.0. The molecule has 0 N–H and O–H groups in total. The predicted molar refractivity (Wildman–Crippen MR) is 114 cm³/mol. The zero-order valence-corrected chi connectivity index (χ0v) is 16.4. The van der Waals surface area contributed by atoms with E-state index in [1.807, 2.05) is 0 Å². The van der Waals surface area contributed by atoms with Gasteiger partial charge in [-0.25, -0.2) is 0 Å². The van der Waals surface area contributed by atoms with E-state index in [0.717, 1.165) is 5.75 Å². The largest absolute Gasteiger partial charge is 0.149 e. The van der Waals surface area contributed by atoms with Gasteiger partial charge in [-0.15, -0.1) is 6.73 Å². The minimum Gasteiger partial charge on any atom is -0.149 e. The molecule has 0 saturated heterocycles. The van der Waals surface area contributed by atoms with Gasteiger partial charge in [0, 0.05) is 5.75 Å². The molecule has 0 nitrogen and oxygen atoms in total. The van der Waals surface area contributed by atoms with Crippen LogP contribution in [0.25, 0.3) is 0 Å². The van der Waals surface area contributed by atoms with E-state index in [1.54, 1.807) is 0 Å². The van der Waals surface area contributed by atoms with Crippen LogP contribution in [0.15, 0.2) is 129 Å². The first-order chi connectivity index (χ1) is 12.1. The number of allylic oxidation sites excluding steroid dienone is 2. The third-order valence-electron chi connectivity index (χ3n) is 5.30. The standard InChI is InChI=1S/C23H21BrS/c24-25(19-11-4-12-20-25,21-13-5-1-6-14-21,22-15-7-2-8-16-22)23-17-9-3-10-18-23/h1-19H,20H2. The Morgan fingerprint density at radius 3 is 1.28 bits per heavy atom. The number of halogens is 1. The van der Waals surface area contributed by atoms with Gasteiger partial charge in [0.25, 0.3) is 0 Å². The van der Waals surface area contributed by atoms with Crippen molar-refractivity contribution in [2.45, 2.75) is 14.7 Å². The molecule has 0 amide bonds. The molecule has 0 aromatic heterocycles. The van der Waals surface area contributed by atoms with Crippen LogP contribution in [0.1, 0.15) is 0 Å². The molecule has 3 aromatic carbocycles. The maximum atomic E-state index is 4.52. The fourth-order valence-electron chi connectivity index (χ4n) is 3.96. The van der Waals surface area contributed by atoms with Crippen molar-refractivity contribution in [1.82, 2.24) is 0 Å². The lowest BCUT2D eigenvalue weighted by Crippen LogP contribution is -2.32. The second-order valence-electron chi connectivity index (χ2n) is 6.55. The molecule has 1 aliphatic heterocycles. The minimum atomic E-state index is -3.29. The summed E-state index contributed by atoms with van der Waals surface area (Å²) in [5.74, 6) is 0.911. The fourth-order valence-corrected chi connectivity index (χ4v) is 12.4. The van der Waals surface area contributed by atoms with Crippen LogP contribution in [0.5, 0.6) is 0 Å². The van der Waals surface area contributed by atoms with Crippen molar-refractivity contribution in [3.63, 3.8) is 0 Å². The molecular formula is C23H21BrS. The van der Waals surface area contributed by atoms with E-state index in [1.165, 1.54) is 14.7 Å². The van der Waals surface area contributed by atoms with Gasteiger partial charge in [-0.3, -0.25) is 0 Å². The van der Waals surface area contributed by atoms with Crippen molar-refractivity contribution < 1.29 is 0 Å². The van der Waals surface area contributed by atoms with Gasteiger partial charge in [0.1, 0.15) is 0 Å². The maximum absolute atomic E-state index is 4.52. The summed E-state index contributed by atoms with van der Waals surface area (Å²) >= 11 is 4.52. The molecule has 0 radical (unpaired) electrons. The Labute approximate surface area is 156 Å². The van der Waals surface area contributed by atoms with E-state index in [0.29, 0.717) is 0 Å². The monoisotopic (exact) mass is 408 g/mol. The molecule has 0 aliphatic carbocycles. The van der Waals surface area contributed by atoms with Crippen molar-refractivity contribution in [2.75, 3.05) is 5.75 Å². The molecule has 1 heterocycles. The Bertz CT molecular complexity index is 857. The Hall–Kier alpha value is -2.03.